The highest BCUT2D eigenvalue weighted by molar-refractivity contribution is 7.11. The largest absolute Gasteiger partial charge is 0.443 e. The molecule has 10 heteroatoms. The van der Waals surface area contributed by atoms with Crippen LogP contribution in [0.25, 0.3) is 0 Å². The van der Waals surface area contributed by atoms with Crippen LogP contribution in [0.5, 0.6) is 0 Å². The number of nitrogens with two attached hydrogens (primary N) is 1. The Morgan fingerprint density at radius 3 is 2.45 bits per heavy atom. The molecular weight excluding hydrogens is 336 g/mol. The molecule has 2 aromatic rings. The lowest BCUT2D eigenvalue weighted by molar-refractivity contribution is -0.137. The summed E-state index contributed by atoms with van der Waals surface area (Å²) in [4.78, 5) is 7.56. The molecule has 2 aromatic heterocycles. The summed E-state index contributed by atoms with van der Waals surface area (Å²) in [5.74, 6) is 5.38. The van der Waals surface area contributed by atoms with E-state index in [9.17, 15) is 13.2 Å². The first-order valence-corrected chi connectivity index (χ1v) is 6.70. The number of aromatic nitrogens is 2. The molecule has 2 rings (SSSR count). The van der Waals surface area contributed by atoms with Gasteiger partial charge in [0.1, 0.15) is 6.04 Å². The minimum Gasteiger partial charge on any atom is -0.270 e. The summed E-state index contributed by atoms with van der Waals surface area (Å²) in [5, 5.41) is -0.449. The number of rotatable bonds is 3. The van der Waals surface area contributed by atoms with Crippen molar-refractivity contribution in [2.24, 2.45) is 5.84 Å². The molecule has 2 heterocycles. The first kappa shape index (κ1) is 15.5. The van der Waals surface area contributed by atoms with Crippen molar-refractivity contribution in [1.29, 1.82) is 0 Å². The molecule has 0 fully saturated rings. The molecule has 0 saturated heterocycles. The first-order valence-electron chi connectivity index (χ1n) is 5.13. The second-order valence-electron chi connectivity index (χ2n) is 3.69. The van der Waals surface area contributed by atoms with Crippen LogP contribution >= 0.6 is 34.5 Å². The van der Waals surface area contributed by atoms with E-state index in [2.05, 4.69) is 15.4 Å². The molecule has 0 spiro atoms. The molecule has 0 aromatic carbocycles. The van der Waals surface area contributed by atoms with Crippen molar-refractivity contribution in [2.45, 2.75) is 12.2 Å². The van der Waals surface area contributed by atoms with Crippen LogP contribution in [0.15, 0.2) is 18.5 Å². The minimum atomic E-state index is -4.50. The van der Waals surface area contributed by atoms with E-state index >= 15 is 0 Å². The zero-order chi connectivity index (χ0) is 14.9. The molecule has 0 aliphatic rings. The Balaban J connectivity index is 2.40. The van der Waals surface area contributed by atoms with E-state index in [1.54, 1.807) is 0 Å². The molecule has 1 atom stereocenters. The van der Waals surface area contributed by atoms with E-state index in [1.807, 2.05) is 0 Å². The van der Waals surface area contributed by atoms with Gasteiger partial charge >= 0.3 is 6.18 Å². The van der Waals surface area contributed by atoms with Gasteiger partial charge in [-0.3, -0.25) is 10.8 Å². The van der Waals surface area contributed by atoms with Gasteiger partial charge in [0.15, 0.2) is 5.01 Å². The van der Waals surface area contributed by atoms with Crippen molar-refractivity contribution in [1.82, 2.24) is 15.4 Å². The highest BCUT2D eigenvalue weighted by Crippen LogP contribution is 2.36. The fourth-order valence-corrected chi connectivity index (χ4v) is 2.82. The average Bonchev–Trinajstić information content (AvgIpc) is 2.82. The summed E-state index contributed by atoms with van der Waals surface area (Å²) in [6, 6.07) is 0.634. The lowest BCUT2D eigenvalue weighted by Gasteiger charge is -2.14. The maximum atomic E-state index is 12.5. The Kier molecular flexibility index (Phi) is 4.50. The SMILES string of the molecule is NNC(c1cnc(C(F)(F)F)s1)c1ncc(Cl)cc1Cl. The molecule has 108 valence electrons. The van der Waals surface area contributed by atoms with Gasteiger partial charge in [-0.05, 0) is 6.07 Å². The van der Waals surface area contributed by atoms with Crippen molar-refractivity contribution in [3.05, 3.63) is 44.1 Å². The number of thiazole rings is 1. The number of alkyl halides is 3. The Labute approximate surface area is 125 Å². The highest BCUT2D eigenvalue weighted by Gasteiger charge is 2.35. The Morgan fingerprint density at radius 1 is 1.25 bits per heavy atom. The van der Waals surface area contributed by atoms with Crippen LogP contribution in [-0.2, 0) is 6.18 Å². The molecule has 20 heavy (non-hydrogen) atoms. The monoisotopic (exact) mass is 342 g/mol. The van der Waals surface area contributed by atoms with Crippen LogP contribution in [0.2, 0.25) is 10.0 Å². The van der Waals surface area contributed by atoms with E-state index in [1.165, 1.54) is 12.3 Å². The van der Waals surface area contributed by atoms with Gasteiger partial charge in [0.25, 0.3) is 0 Å². The van der Waals surface area contributed by atoms with Crippen molar-refractivity contribution >= 4 is 34.5 Å². The highest BCUT2D eigenvalue weighted by atomic mass is 35.5. The van der Waals surface area contributed by atoms with Gasteiger partial charge in [-0.2, -0.15) is 13.2 Å². The topological polar surface area (TPSA) is 63.8 Å². The molecule has 0 bridgehead atoms. The molecule has 0 aliphatic carbocycles. The van der Waals surface area contributed by atoms with E-state index in [4.69, 9.17) is 29.0 Å². The van der Waals surface area contributed by atoms with Crippen LogP contribution in [0.3, 0.4) is 0 Å². The molecule has 0 saturated carbocycles. The maximum Gasteiger partial charge on any atom is 0.443 e. The molecule has 0 amide bonds. The molecule has 0 radical (unpaired) electrons. The third-order valence-corrected chi connectivity index (χ3v) is 3.94. The second kappa shape index (κ2) is 5.82. The normalized spacial score (nSPS) is 13.5. The van der Waals surface area contributed by atoms with Gasteiger partial charge < -0.3 is 0 Å². The Bertz CT molecular complexity index is 617. The maximum absolute atomic E-state index is 12.5. The number of nitrogens with one attached hydrogen (secondary N) is 1. The van der Waals surface area contributed by atoms with Gasteiger partial charge in [0.05, 0.1) is 15.7 Å². The standard InChI is InChI=1S/C10H7Cl2F3N4S/c11-4-1-5(12)7(17-2-4)8(19-16)6-3-18-9(20-6)10(13,14)15/h1-3,8,19H,16H2. The van der Waals surface area contributed by atoms with Gasteiger partial charge in [0, 0.05) is 17.3 Å². The van der Waals surface area contributed by atoms with Crippen LogP contribution in [0, 0.1) is 0 Å². The number of hydrogen-bond donors (Lipinski definition) is 2. The van der Waals surface area contributed by atoms with Gasteiger partial charge in [-0.15, -0.1) is 11.3 Å². The van der Waals surface area contributed by atoms with E-state index in [0.717, 1.165) is 6.20 Å². The number of pyridine rings is 1. The van der Waals surface area contributed by atoms with Gasteiger partial charge in [-0.25, -0.2) is 10.4 Å². The summed E-state index contributed by atoms with van der Waals surface area (Å²) >= 11 is 12.2. The van der Waals surface area contributed by atoms with E-state index < -0.39 is 17.2 Å². The summed E-state index contributed by atoms with van der Waals surface area (Å²) in [5.41, 5.74) is 2.65. The summed E-state index contributed by atoms with van der Waals surface area (Å²) in [6.07, 6.45) is -2.08. The van der Waals surface area contributed by atoms with Gasteiger partial charge in [-0.1, -0.05) is 23.2 Å². The zero-order valence-electron chi connectivity index (χ0n) is 9.58. The van der Waals surface area contributed by atoms with Crippen molar-refractivity contribution in [3.8, 4) is 0 Å². The van der Waals surface area contributed by atoms with Crippen molar-refractivity contribution in [2.75, 3.05) is 0 Å². The molecule has 3 N–H and O–H groups in total. The third kappa shape index (κ3) is 3.21. The van der Waals surface area contributed by atoms with Crippen LogP contribution in [-0.4, -0.2) is 9.97 Å². The van der Waals surface area contributed by atoms with Gasteiger partial charge in [0.2, 0.25) is 0 Å². The van der Waals surface area contributed by atoms with Crippen LogP contribution in [0.1, 0.15) is 21.6 Å². The third-order valence-electron chi connectivity index (χ3n) is 2.33. The lowest BCUT2D eigenvalue weighted by atomic mass is 10.2. The smallest absolute Gasteiger partial charge is 0.270 e. The molecule has 1 unspecified atom stereocenters. The fourth-order valence-electron chi connectivity index (χ4n) is 1.48. The quantitative estimate of drug-likeness (QED) is 0.662. The zero-order valence-corrected chi connectivity index (χ0v) is 11.9. The summed E-state index contributed by atoms with van der Waals surface area (Å²) < 4.78 is 37.6. The second-order valence-corrected chi connectivity index (χ2v) is 5.59. The van der Waals surface area contributed by atoms with E-state index in [-0.39, 0.29) is 15.6 Å². The fraction of sp³-hybridized carbons (Fsp3) is 0.200. The minimum absolute atomic E-state index is 0.197. The average molecular weight is 343 g/mol. The van der Waals surface area contributed by atoms with Crippen LogP contribution < -0.4 is 11.3 Å². The predicted molar refractivity (Wildman–Crippen MR) is 70.5 cm³/mol. The Hall–Kier alpha value is -0.930. The molecule has 4 nitrogen and oxygen atoms in total. The first-order chi connectivity index (χ1) is 9.32. The Morgan fingerprint density at radius 2 is 1.95 bits per heavy atom. The molecule has 0 aliphatic heterocycles. The number of hydrogen-bond acceptors (Lipinski definition) is 5. The lowest BCUT2D eigenvalue weighted by Crippen LogP contribution is -2.29. The summed E-state index contributed by atoms with van der Waals surface area (Å²) in [7, 11) is 0. The van der Waals surface area contributed by atoms with E-state index in [0.29, 0.717) is 16.4 Å². The number of hydrazine groups is 1. The van der Waals surface area contributed by atoms with Crippen molar-refractivity contribution in [3.63, 3.8) is 0 Å². The van der Waals surface area contributed by atoms with Crippen molar-refractivity contribution < 1.29 is 13.2 Å². The summed E-state index contributed by atoms with van der Waals surface area (Å²) in [6.45, 7) is 0. The predicted octanol–water partition coefficient (Wildman–Crippen LogP) is 3.42. The molecular formula is C10H7Cl2F3N4S. The number of nitrogens with zero attached hydrogens (tertiary/aromatic N) is 2. The van der Waals surface area contributed by atoms with Crippen LogP contribution in [0.4, 0.5) is 13.2 Å². The number of halogens is 5.